The zero-order chi connectivity index (χ0) is 13.1. The quantitative estimate of drug-likeness (QED) is 0.562. The van der Waals surface area contributed by atoms with Gasteiger partial charge in [0.25, 0.3) is 0 Å². The summed E-state index contributed by atoms with van der Waals surface area (Å²) in [6, 6.07) is 9.70. The van der Waals surface area contributed by atoms with Gasteiger partial charge in [0.05, 0.1) is 5.60 Å². The molecule has 0 aliphatic carbocycles. The van der Waals surface area contributed by atoms with Gasteiger partial charge in [-0.15, -0.1) is 5.76 Å². The molecule has 0 heterocycles. The molecule has 0 bridgehead atoms. The zero-order valence-electron chi connectivity index (χ0n) is 12.3. The number of benzene rings is 1. The minimum atomic E-state index is -1.80. The summed E-state index contributed by atoms with van der Waals surface area (Å²) in [7, 11) is -1.80. The molecule has 0 N–H and O–H groups in total. The van der Waals surface area contributed by atoms with E-state index < -0.39 is 13.9 Å². The van der Waals surface area contributed by atoms with E-state index in [2.05, 4.69) is 19.6 Å². The number of allylic oxidation sites excluding steroid dienone is 1. The molecule has 94 valence electrons. The molecule has 4 heteroatoms. The van der Waals surface area contributed by atoms with Gasteiger partial charge in [-0.2, -0.15) is 0 Å². The van der Waals surface area contributed by atoms with Crippen molar-refractivity contribution in [3.05, 3.63) is 47.7 Å². The van der Waals surface area contributed by atoms with Crippen LogP contribution in [0.1, 0.15) is 19.4 Å². The van der Waals surface area contributed by atoms with Crippen LogP contribution in [0.15, 0.2) is 42.2 Å². The van der Waals surface area contributed by atoms with Crippen molar-refractivity contribution in [2.24, 2.45) is 0 Å². The largest absolute Gasteiger partial charge is 1.00 e. The van der Waals surface area contributed by atoms with Gasteiger partial charge >= 0.3 is 18.9 Å². The van der Waals surface area contributed by atoms with Crippen molar-refractivity contribution in [3.63, 3.8) is 0 Å². The summed E-state index contributed by atoms with van der Waals surface area (Å²) >= 11 is 0. The second-order valence-corrected chi connectivity index (χ2v) is 9.70. The van der Waals surface area contributed by atoms with Crippen molar-refractivity contribution in [1.82, 2.24) is 0 Å². The molecule has 0 aliphatic rings. The summed E-state index contributed by atoms with van der Waals surface area (Å²) < 4.78 is 6.12. The predicted molar refractivity (Wildman–Crippen MR) is 72.0 cm³/mol. The van der Waals surface area contributed by atoms with Crippen LogP contribution in [0.4, 0.5) is 0 Å². The van der Waals surface area contributed by atoms with Crippen LogP contribution in [0.25, 0.3) is 0 Å². The molecule has 0 saturated heterocycles. The molecule has 2 nitrogen and oxygen atoms in total. The topological polar surface area (TPSA) is 32.3 Å². The Hall–Kier alpha value is -0.466. The molecule has 1 atom stereocenters. The third kappa shape index (κ3) is 4.33. The van der Waals surface area contributed by atoms with Gasteiger partial charge in [0.1, 0.15) is 0 Å². The molecule has 0 aromatic heterocycles. The molecule has 0 radical (unpaired) electrons. The number of rotatable bonds is 4. The first kappa shape index (κ1) is 17.5. The van der Waals surface area contributed by atoms with Crippen LogP contribution in [0.5, 0.6) is 0 Å². The molecular formula is C14H21LiO2Si. The maximum absolute atomic E-state index is 12.2. The Bertz CT molecular complexity index is 398. The smallest absolute Gasteiger partial charge is 0.874 e. The van der Waals surface area contributed by atoms with E-state index >= 15 is 0 Å². The average Bonchev–Trinajstić information content (AvgIpc) is 2.26. The molecule has 0 aliphatic heterocycles. The molecule has 0 fully saturated rings. The molecule has 0 spiro atoms. The number of hydrogen-bond donors (Lipinski definition) is 0. The maximum Gasteiger partial charge on any atom is 1.00 e. The standard InChI is InChI=1S/C14H22O2Si.Li/c1-6-13(15)14(2,16-17(3,4)5)12-10-8-7-9-11-12;/h6-11,15H,1-5H3;/q;+1/p-1/b13-6-;/t14-;/m1./s1. The third-order valence-electron chi connectivity index (χ3n) is 2.57. The fourth-order valence-electron chi connectivity index (χ4n) is 1.90. The first-order chi connectivity index (χ1) is 7.79. The van der Waals surface area contributed by atoms with Crippen LogP contribution in [-0.4, -0.2) is 8.32 Å². The summed E-state index contributed by atoms with van der Waals surface area (Å²) in [5.41, 5.74) is 0.0750. The second-order valence-electron chi connectivity index (χ2n) is 5.27. The second kappa shape index (κ2) is 6.63. The molecule has 1 rings (SSSR count). The minimum absolute atomic E-state index is 0. The monoisotopic (exact) mass is 256 g/mol. The van der Waals surface area contributed by atoms with Crippen LogP contribution in [0.2, 0.25) is 19.6 Å². The minimum Gasteiger partial charge on any atom is -0.874 e. The van der Waals surface area contributed by atoms with Crippen LogP contribution >= 0.6 is 0 Å². The molecule has 0 unspecified atom stereocenters. The van der Waals surface area contributed by atoms with Gasteiger partial charge in [-0.3, -0.25) is 0 Å². The Morgan fingerprint density at radius 2 is 1.72 bits per heavy atom. The van der Waals surface area contributed by atoms with Crippen LogP contribution < -0.4 is 24.0 Å². The van der Waals surface area contributed by atoms with E-state index in [9.17, 15) is 5.11 Å². The normalized spacial score (nSPS) is 15.7. The first-order valence-electron chi connectivity index (χ1n) is 5.89. The van der Waals surface area contributed by atoms with Gasteiger partial charge in [0.2, 0.25) is 0 Å². The molecule has 18 heavy (non-hydrogen) atoms. The van der Waals surface area contributed by atoms with Gasteiger partial charge < -0.3 is 9.53 Å². The Balaban J connectivity index is 0.00000289. The first-order valence-corrected chi connectivity index (χ1v) is 9.30. The molecule has 0 amide bonds. The maximum atomic E-state index is 12.2. The molecule has 1 aromatic rings. The van der Waals surface area contributed by atoms with Crippen molar-refractivity contribution in [2.45, 2.75) is 39.1 Å². The van der Waals surface area contributed by atoms with Crippen molar-refractivity contribution in [1.29, 1.82) is 0 Å². The molecular weight excluding hydrogens is 235 g/mol. The van der Waals surface area contributed by atoms with E-state index in [0.29, 0.717) is 0 Å². The fraction of sp³-hybridized carbons (Fsp3) is 0.429. The van der Waals surface area contributed by atoms with Gasteiger partial charge in [-0.05, 0) is 39.1 Å². The van der Waals surface area contributed by atoms with Gasteiger partial charge in [-0.25, -0.2) is 0 Å². The van der Waals surface area contributed by atoms with E-state index in [0.717, 1.165) is 5.56 Å². The third-order valence-corrected chi connectivity index (χ3v) is 3.59. The number of hydrogen-bond acceptors (Lipinski definition) is 2. The van der Waals surface area contributed by atoms with Crippen LogP contribution in [0, 0.1) is 0 Å². The van der Waals surface area contributed by atoms with Crippen molar-refractivity contribution >= 4 is 8.32 Å². The average molecular weight is 256 g/mol. The van der Waals surface area contributed by atoms with Crippen LogP contribution in [-0.2, 0) is 10.0 Å². The van der Waals surface area contributed by atoms with Gasteiger partial charge in [0, 0.05) is 0 Å². The van der Waals surface area contributed by atoms with Crippen molar-refractivity contribution in [3.8, 4) is 0 Å². The predicted octanol–water partition coefficient (Wildman–Crippen LogP) is 0.0214. The van der Waals surface area contributed by atoms with E-state index in [4.69, 9.17) is 4.43 Å². The van der Waals surface area contributed by atoms with E-state index in [-0.39, 0.29) is 24.6 Å². The Labute approximate surface area is 123 Å². The van der Waals surface area contributed by atoms with Crippen molar-refractivity contribution < 1.29 is 28.4 Å². The fourth-order valence-corrected chi connectivity index (χ4v) is 3.34. The Kier molecular flexibility index (Phi) is 6.46. The van der Waals surface area contributed by atoms with E-state index in [1.54, 1.807) is 13.0 Å². The van der Waals surface area contributed by atoms with E-state index in [1.807, 2.05) is 37.3 Å². The Morgan fingerprint density at radius 1 is 1.22 bits per heavy atom. The molecule has 1 aromatic carbocycles. The molecule has 0 saturated carbocycles. The SMILES string of the molecule is C/C=C(\[O-])[C@](C)(O[Si](C)(C)C)c1ccccc1.[Li+]. The summed E-state index contributed by atoms with van der Waals surface area (Å²) in [5.74, 6) is 0.0196. The summed E-state index contributed by atoms with van der Waals surface area (Å²) in [4.78, 5) is 0. The van der Waals surface area contributed by atoms with Gasteiger partial charge in [-0.1, -0.05) is 36.4 Å². The van der Waals surface area contributed by atoms with Crippen LogP contribution in [0.3, 0.4) is 0 Å². The Morgan fingerprint density at radius 3 is 2.11 bits per heavy atom. The van der Waals surface area contributed by atoms with Gasteiger partial charge in [0.15, 0.2) is 8.32 Å². The summed E-state index contributed by atoms with van der Waals surface area (Å²) in [6.07, 6.45) is 1.59. The van der Waals surface area contributed by atoms with E-state index in [1.165, 1.54) is 0 Å². The summed E-state index contributed by atoms with van der Waals surface area (Å²) in [5, 5.41) is 12.2. The zero-order valence-corrected chi connectivity index (χ0v) is 13.3. The van der Waals surface area contributed by atoms with Crippen molar-refractivity contribution in [2.75, 3.05) is 0 Å². The summed E-state index contributed by atoms with van der Waals surface area (Å²) in [6.45, 7) is 9.91.